The maximum Gasteiger partial charge on any atom is 0.312 e. The Balaban J connectivity index is 1.72. The monoisotopic (exact) mass is 402 g/mol. The molecule has 0 bridgehead atoms. The van der Waals surface area contributed by atoms with Gasteiger partial charge in [-0.1, -0.05) is 72.8 Å². The van der Waals surface area contributed by atoms with Crippen molar-refractivity contribution in [1.29, 1.82) is 0 Å². The summed E-state index contributed by atoms with van der Waals surface area (Å²) in [6.45, 7) is 2.57. The molecule has 0 fully saturated rings. The number of methoxy groups -OCH3 is 1. The smallest absolute Gasteiger partial charge is 0.312 e. The molecule has 154 valence electrons. The Bertz CT molecular complexity index is 915. The van der Waals surface area contributed by atoms with Crippen LogP contribution in [-0.2, 0) is 22.7 Å². The first-order chi connectivity index (χ1) is 14.6. The molecule has 30 heavy (non-hydrogen) atoms. The molecule has 0 saturated heterocycles. The van der Waals surface area contributed by atoms with Crippen LogP contribution in [0.25, 0.3) is 0 Å². The predicted octanol–water partition coefficient (Wildman–Crippen LogP) is 4.10. The van der Waals surface area contributed by atoms with Gasteiger partial charge in [0.15, 0.2) is 0 Å². The molecule has 0 spiro atoms. The summed E-state index contributed by atoms with van der Waals surface area (Å²) in [6.07, 6.45) is 0. The molecule has 0 radical (unpaired) electrons. The summed E-state index contributed by atoms with van der Waals surface area (Å²) < 4.78 is 5.16. The van der Waals surface area contributed by atoms with Crippen LogP contribution in [0.1, 0.15) is 29.7 Å². The Kier molecular flexibility index (Phi) is 7.22. The zero-order valence-corrected chi connectivity index (χ0v) is 17.2. The number of ether oxygens (including phenoxy) is 1. The molecular weight excluding hydrogens is 376 g/mol. The molecular formula is C25H26N2O3. The first kappa shape index (κ1) is 21.1. The van der Waals surface area contributed by atoms with E-state index in [1.165, 1.54) is 0 Å². The van der Waals surface area contributed by atoms with Gasteiger partial charge in [-0.3, -0.25) is 9.59 Å². The maximum absolute atomic E-state index is 13.0. The predicted molar refractivity (Wildman–Crippen MR) is 117 cm³/mol. The topological polar surface area (TPSA) is 58.6 Å². The van der Waals surface area contributed by atoms with Crippen molar-refractivity contribution in [3.63, 3.8) is 0 Å². The summed E-state index contributed by atoms with van der Waals surface area (Å²) in [5.41, 5.74) is 2.84. The molecule has 0 aliphatic heterocycles. The molecule has 2 amide bonds. The second kappa shape index (κ2) is 10.3. The zero-order chi connectivity index (χ0) is 21.3. The summed E-state index contributed by atoms with van der Waals surface area (Å²) >= 11 is 0. The van der Waals surface area contributed by atoms with Gasteiger partial charge in [0.05, 0.1) is 13.2 Å². The van der Waals surface area contributed by atoms with Gasteiger partial charge >= 0.3 is 11.8 Å². The van der Waals surface area contributed by atoms with E-state index in [0.29, 0.717) is 13.1 Å². The van der Waals surface area contributed by atoms with Crippen LogP contribution in [0.5, 0.6) is 5.75 Å². The van der Waals surface area contributed by atoms with Crippen LogP contribution in [0.3, 0.4) is 0 Å². The third kappa shape index (κ3) is 5.70. The summed E-state index contributed by atoms with van der Waals surface area (Å²) in [5.74, 6) is -0.432. The van der Waals surface area contributed by atoms with Gasteiger partial charge in [0.1, 0.15) is 5.75 Å². The molecule has 3 rings (SSSR count). The summed E-state index contributed by atoms with van der Waals surface area (Å²) in [5, 5.41) is 2.81. The lowest BCUT2D eigenvalue weighted by Gasteiger charge is -2.24. The van der Waals surface area contributed by atoms with E-state index < -0.39 is 11.8 Å². The van der Waals surface area contributed by atoms with Gasteiger partial charge in [-0.05, 0) is 35.7 Å². The molecule has 0 heterocycles. The average molecular weight is 402 g/mol. The maximum atomic E-state index is 13.0. The SMILES string of the molecule is COc1ccc(C(C)NC(=O)C(=O)N(Cc2ccccc2)Cc2ccccc2)cc1. The molecule has 0 aliphatic carbocycles. The second-order valence-electron chi connectivity index (χ2n) is 7.10. The van der Waals surface area contributed by atoms with E-state index >= 15 is 0 Å². The number of rotatable bonds is 7. The summed E-state index contributed by atoms with van der Waals surface area (Å²) in [7, 11) is 1.60. The van der Waals surface area contributed by atoms with E-state index in [2.05, 4.69) is 5.32 Å². The number of hydrogen-bond acceptors (Lipinski definition) is 3. The number of carbonyl (C=O) groups excluding carboxylic acids is 2. The Labute approximate surface area is 177 Å². The van der Waals surface area contributed by atoms with Crippen LogP contribution >= 0.6 is 0 Å². The second-order valence-corrected chi connectivity index (χ2v) is 7.10. The van der Waals surface area contributed by atoms with Crippen molar-refractivity contribution in [2.24, 2.45) is 0 Å². The van der Waals surface area contributed by atoms with Crippen molar-refractivity contribution in [2.75, 3.05) is 7.11 Å². The van der Waals surface area contributed by atoms with E-state index in [0.717, 1.165) is 22.4 Å². The highest BCUT2D eigenvalue weighted by molar-refractivity contribution is 6.35. The molecule has 0 saturated carbocycles. The Morgan fingerprint density at radius 2 is 1.33 bits per heavy atom. The fraction of sp³-hybridized carbons (Fsp3) is 0.200. The van der Waals surface area contributed by atoms with Crippen molar-refractivity contribution in [3.8, 4) is 5.75 Å². The van der Waals surface area contributed by atoms with E-state index in [9.17, 15) is 9.59 Å². The van der Waals surface area contributed by atoms with Gasteiger partial charge in [-0.2, -0.15) is 0 Å². The van der Waals surface area contributed by atoms with Gasteiger partial charge in [-0.15, -0.1) is 0 Å². The molecule has 5 heteroatoms. The number of amides is 2. The first-order valence-electron chi connectivity index (χ1n) is 9.88. The number of hydrogen-bond donors (Lipinski definition) is 1. The highest BCUT2D eigenvalue weighted by Gasteiger charge is 2.24. The number of nitrogens with zero attached hydrogens (tertiary/aromatic N) is 1. The van der Waals surface area contributed by atoms with Crippen LogP contribution in [0.15, 0.2) is 84.9 Å². The molecule has 1 N–H and O–H groups in total. The number of carbonyl (C=O) groups is 2. The Hall–Kier alpha value is -3.60. The van der Waals surface area contributed by atoms with Crippen LogP contribution < -0.4 is 10.1 Å². The summed E-state index contributed by atoms with van der Waals surface area (Å²) in [6, 6.07) is 26.4. The molecule has 3 aromatic rings. The lowest BCUT2D eigenvalue weighted by Crippen LogP contribution is -2.43. The number of benzene rings is 3. The van der Waals surface area contributed by atoms with E-state index in [4.69, 9.17) is 4.74 Å². The standard InChI is InChI=1S/C25H26N2O3/c1-19(22-13-15-23(30-2)16-14-22)26-24(28)25(29)27(17-20-9-5-3-6-10-20)18-21-11-7-4-8-12-21/h3-16,19H,17-18H2,1-2H3,(H,26,28). The van der Waals surface area contributed by atoms with Crippen LogP contribution in [0.4, 0.5) is 0 Å². The molecule has 3 aromatic carbocycles. The van der Waals surface area contributed by atoms with Crippen LogP contribution in [0.2, 0.25) is 0 Å². The minimum Gasteiger partial charge on any atom is -0.497 e. The minimum atomic E-state index is -0.620. The van der Waals surface area contributed by atoms with Gasteiger partial charge in [-0.25, -0.2) is 0 Å². The Morgan fingerprint density at radius 3 is 1.80 bits per heavy atom. The van der Waals surface area contributed by atoms with E-state index in [1.54, 1.807) is 12.0 Å². The van der Waals surface area contributed by atoms with Crippen molar-refractivity contribution >= 4 is 11.8 Å². The Morgan fingerprint density at radius 1 is 0.833 bits per heavy atom. The normalized spacial score (nSPS) is 11.4. The molecule has 1 unspecified atom stereocenters. The first-order valence-corrected chi connectivity index (χ1v) is 9.88. The van der Waals surface area contributed by atoms with Gasteiger partial charge < -0.3 is 15.0 Å². The lowest BCUT2D eigenvalue weighted by atomic mass is 10.1. The molecule has 1 atom stereocenters. The third-order valence-electron chi connectivity index (χ3n) is 4.88. The van der Waals surface area contributed by atoms with E-state index in [-0.39, 0.29) is 6.04 Å². The largest absolute Gasteiger partial charge is 0.497 e. The zero-order valence-electron chi connectivity index (χ0n) is 17.2. The fourth-order valence-corrected chi connectivity index (χ4v) is 3.19. The highest BCUT2D eigenvalue weighted by Crippen LogP contribution is 2.17. The van der Waals surface area contributed by atoms with Crippen molar-refractivity contribution < 1.29 is 14.3 Å². The lowest BCUT2D eigenvalue weighted by molar-refractivity contribution is -0.147. The highest BCUT2D eigenvalue weighted by atomic mass is 16.5. The average Bonchev–Trinajstić information content (AvgIpc) is 2.79. The van der Waals surface area contributed by atoms with Crippen LogP contribution in [0, 0.1) is 0 Å². The molecule has 0 aromatic heterocycles. The fourth-order valence-electron chi connectivity index (χ4n) is 3.19. The quantitative estimate of drug-likeness (QED) is 0.605. The molecule has 0 aliphatic rings. The van der Waals surface area contributed by atoms with Gasteiger partial charge in [0.2, 0.25) is 0 Å². The van der Waals surface area contributed by atoms with E-state index in [1.807, 2.05) is 91.9 Å². The third-order valence-corrected chi connectivity index (χ3v) is 4.88. The molecule has 5 nitrogen and oxygen atoms in total. The minimum absolute atomic E-state index is 0.303. The van der Waals surface area contributed by atoms with Crippen LogP contribution in [-0.4, -0.2) is 23.8 Å². The van der Waals surface area contributed by atoms with Crippen molar-refractivity contribution in [3.05, 3.63) is 102 Å². The van der Waals surface area contributed by atoms with Gasteiger partial charge in [0.25, 0.3) is 0 Å². The van der Waals surface area contributed by atoms with Crippen molar-refractivity contribution in [2.45, 2.75) is 26.1 Å². The number of nitrogens with one attached hydrogen (secondary N) is 1. The van der Waals surface area contributed by atoms with Crippen molar-refractivity contribution in [1.82, 2.24) is 10.2 Å². The van der Waals surface area contributed by atoms with Gasteiger partial charge in [0, 0.05) is 13.1 Å². The summed E-state index contributed by atoms with van der Waals surface area (Å²) in [4.78, 5) is 27.3.